The van der Waals surface area contributed by atoms with E-state index in [-0.39, 0.29) is 15.4 Å². The molecule has 1 heterocycles. The molecule has 17 heavy (non-hydrogen) atoms. The van der Waals surface area contributed by atoms with Crippen molar-refractivity contribution in [1.29, 1.82) is 0 Å². The summed E-state index contributed by atoms with van der Waals surface area (Å²) in [6.45, 7) is 0. The van der Waals surface area contributed by atoms with Crippen LogP contribution in [-0.4, -0.2) is 16.1 Å². The Bertz CT molecular complexity index is 575. The molecule has 88 valence electrons. The van der Waals surface area contributed by atoms with Crippen LogP contribution in [0.3, 0.4) is 0 Å². The lowest BCUT2D eigenvalue weighted by atomic mass is 10.3. The number of anilines is 1. The lowest BCUT2D eigenvalue weighted by Gasteiger charge is -2.03. The molecule has 0 bridgehead atoms. The second-order valence-electron chi connectivity index (χ2n) is 2.94. The molecule has 0 aliphatic heterocycles. The molecular formula is C9H4BrCl2N3OS. The maximum Gasteiger partial charge on any atom is 0.286 e. The summed E-state index contributed by atoms with van der Waals surface area (Å²) in [4.78, 5) is 11.7. The number of carbonyl (C=O) groups excluding carboxylic acids is 1. The van der Waals surface area contributed by atoms with Gasteiger partial charge < -0.3 is 5.32 Å². The van der Waals surface area contributed by atoms with Gasteiger partial charge in [0.15, 0.2) is 0 Å². The third-order valence-corrected chi connectivity index (χ3v) is 4.00. The molecule has 0 fully saturated rings. The molecule has 0 aliphatic carbocycles. The summed E-state index contributed by atoms with van der Waals surface area (Å²) in [5.74, 6) is -0.358. The smallest absolute Gasteiger partial charge is 0.286 e. The fourth-order valence-corrected chi connectivity index (χ4v) is 2.28. The highest BCUT2D eigenvalue weighted by Crippen LogP contribution is 2.26. The van der Waals surface area contributed by atoms with Gasteiger partial charge in [-0.05, 0) is 45.7 Å². The number of halogens is 3. The number of benzene rings is 1. The van der Waals surface area contributed by atoms with E-state index in [0.29, 0.717) is 15.2 Å². The minimum absolute atomic E-state index is 0.209. The van der Waals surface area contributed by atoms with Gasteiger partial charge in [-0.3, -0.25) is 4.79 Å². The Morgan fingerprint density at radius 1 is 1.35 bits per heavy atom. The molecule has 2 rings (SSSR count). The zero-order chi connectivity index (χ0) is 12.4. The van der Waals surface area contributed by atoms with Gasteiger partial charge in [-0.2, -0.15) is 0 Å². The molecule has 2 aromatic rings. The number of rotatable bonds is 2. The maximum atomic E-state index is 11.7. The van der Waals surface area contributed by atoms with Crippen molar-refractivity contribution in [2.24, 2.45) is 0 Å². The minimum atomic E-state index is -0.358. The molecule has 0 aliphatic rings. The fraction of sp³-hybridized carbons (Fsp3) is 0. The average Bonchev–Trinajstić information content (AvgIpc) is 2.70. The molecule has 8 heteroatoms. The lowest BCUT2D eigenvalue weighted by Crippen LogP contribution is -2.11. The van der Waals surface area contributed by atoms with Gasteiger partial charge in [0.05, 0.1) is 5.02 Å². The van der Waals surface area contributed by atoms with E-state index in [2.05, 4.69) is 31.4 Å². The topological polar surface area (TPSA) is 54.9 Å². The second-order valence-corrected chi connectivity index (χ2v) is 5.76. The summed E-state index contributed by atoms with van der Waals surface area (Å²) in [7, 11) is 0. The van der Waals surface area contributed by atoms with Crippen LogP contribution in [0.5, 0.6) is 0 Å². The quantitative estimate of drug-likeness (QED) is 0.892. The van der Waals surface area contributed by atoms with Crippen LogP contribution in [0.15, 0.2) is 22.7 Å². The summed E-state index contributed by atoms with van der Waals surface area (Å²) in [5, 5.41) is 10.6. The van der Waals surface area contributed by atoms with E-state index in [1.165, 1.54) is 0 Å². The SMILES string of the molecule is O=C(Nc1ccc(Cl)c(Br)c1)c1nnc(Cl)s1. The van der Waals surface area contributed by atoms with Crippen molar-refractivity contribution in [3.8, 4) is 0 Å². The number of hydrogen-bond acceptors (Lipinski definition) is 4. The third-order valence-electron chi connectivity index (χ3n) is 1.77. The van der Waals surface area contributed by atoms with Gasteiger partial charge in [0.25, 0.3) is 5.91 Å². The first-order chi connectivity index (χ1) is 8.06. The van der Waals surface area contributed by atoms with Gasteiger partial charge in [0.2, 0.25) is 9.47 Å². The Morgan fingerprint density at radius 3 is 2.71 bits per heavy atom. The third kappa shape index (κ3) is 3.16. The highest BCUT2D eigenvalue weighted by molar-refractivity contribution is 9.10. The Morgan fingerprint density at radius 2 is 2.12 bits per heavy atom. The zero-order valence-corrected chi connectivity index (χ0v) is 12.0. The average molecular weight is 353 g/mol. The lowest BCUT2D eigenvalue weighted by molar-refractivity contribution is 0.102. The summed E-state index contributed by atoms with van der Waals surface area (Å²) in [6, 6.07) is 5.06. The molecule has 0 spiro atoms. The normalized spacial score (nSPS) is 10.3. The van der Waals surface area contributed by atoms with Crippen molar-refractivity contribution >= 4 is 62.1 Å². The van der Waals surface area contributed by atoms with Crippen LogP contribution in [-0.2, 0) is 0 Å². The van der Waals surface area contributed by atoms with Crippen LogP contribution in [0.4, 0.5) is 5.69 Å². The first kappa shape index (κ1) is 12.8. The van der Waals surface area contributed by atoms with Crippen molar-refractivity contribution in [3.63, 3.8) is 0 Å². The number of carbonyl (C=O) groups is 1. The van der Waals surface area contributed by atoms with Gasteiger partial charge in [-0.1, -0.05) is 22.9 Å². The molecule has 4 nitrogen and oxygen atoms in total. The summed E-state index contributed by atoms with van der Waals surface area (Å²) in [6.07, 6.45) is 0. The molecule has 0 unspecified atom stereocenters. The second kappa shape index (κ2) is 5.30. The molecule has 1 amide bonds. The highest BCUT2D eigenvalue weighted by Gasteiger charge is 2.12. The standard InChI is InChI=1S/C9H4BrCl2N3OS/c10-5-3-4(1-2-6(5)11)13-7(16)8-14-15-9(12)17-8/h1-3H,(H,13,16). The van der Waals surface area contributed by atoms with E-state index >= 15 is 0 Å². The first-order valence-electron chi connectivity index (χ1n) is 4.31. The Hall–Kier alpha value is -0.690. The zero-order valence-electron chi connectivity index (χ0n) is 8.08. The highest BCUT2D eigenvalue weighted by atomic mass is 79.9. The predicted octanol–water partition coefficient (Wildman–Crippen LogP) is 3.86. The van der Waals surface area contributed by atoms with Crippen LogP contribution in [0.1, 0.15) is 9.80 Å². The van der Waals surface area contributed by atoms with E-state index in [1.54, 1.807) is 18.2 Å². The number of nitrogens with one attached hydrogen (secondary N) is 1. The van der Waals surface area contributed by atoms with Crippen LogP contribution in [0, 0.1) is 0 Å². The largest absolute Gasteiger partial charge is 0.320 e. The van der Waals surface area contributed by atoms with E-state index in [9.17, 15) is 4.79 Å². The Labute approximate surface area is 119 Å². The molecular weight excluding hydrogens is 349 g/mol. The van der Waals surface area contributed by atoms with Gasteiger partial charge >= 0.3 is 0 Å². The van der Waals surface area contributed by atoms with E-state index in [0.717, 1.165) is 11.3 Å². The van der Waals surface area contributed by atoms with E-state index < -0.39 is 0 Å². The Balaban J connectivity index is 2.15. The van der Waals surface area contributed by atoms with Gasteiger partial charge in [0, 0.05) is 10.2 Å². The minimum Gasteiger partial charge on any atom is -0.320 e. The van der Waals surface area contributed by atoms with Crippen LogP contribution < -0.4 is 5.32 Å². The summed E-state index contributed by atoms with van der Waals surface area (Å²) in [5.41, 5.74) is 0.609. The van der Waals surface area contributed by atoms with Crippen LogP contribution >= 0.6 is 50.5 Å². The number of aromatic nitrogens is 2. The summed E-state index contributed by atoms with van der Waals surface area (Å²) < 4.78 is 0.930. The molecule has 1 aromatic carbocycles. The number of hydrogen-bond donors (Lipinski definition) is 1. The molecule has 0 radical (unpaired) electrons. The molecule has 0 saturated carbocycles. The van der Waals surface area contributed by atoms with Gasteiger partial charge in [-0.15, -0.1) is 10.2 Å². The van der Waals surface area contributed by atoms with Crippen molar-refractivity contribution in [2.75, 3.05) is 5.32 Å². The maximum absolute atomic E-state index is 11.7. The van der Waals surface area contributed by atoms with Gasteiger partial charge in [0.1, 0.15) is 0 Å². The number of nitrogens with zero attached hydrogens (tertiary/aromatic N) is 2. The van der Waals surface area contributed by atoms with Crippen molar-refractivity contribution in [3.05, 3.63) is 37.2 Å². The molecule has 0 atom stereocenters. The van der Waals surface area contributed by atoms with Crippen LogP contribution in [0.25, 0.3) is 0 Å². The van der Waals surface area contributed by atoms with E-state index in [4.69, 9.17) is 23.2 Å². The van der Waals surface area contributed by atoms with Gasteiger partial charge in [-0.25, -0.2) is 0 Å². The monoisotopic (exact) mass is 351 g/mol. The van der Waals surface area contributed by atoms with Crippen LogP contribution in [0.2, 0.25) is 9.49 Å². The first-order valence-corrected chi connectivity index (χ1v) is 6.68. The molecule has 0 saturated heterocycles. The molecule has 1 N–H and O–H groups in total. The molecule has 1 aromatic heterocycles. The van der Waals surface area contributed by atoms with Crippen molar-refractivity contribution < 1.29 is 4.79 Å². The fourth-order valence-electron chi connectivity index (χ4n) is 1.06. The predicted molar refractivity (Wildman–Crippen MR) is 72.0 cm³/mol. The van der Waals surface area contributed by atoms with E-state index in [1.807, 2.05) is 0 Å². The van der Waals surface area contributed by atoms with Crippen molar-refractivity contribution in [1.82, 2.24) is 10.2 Å². The Kier molecular flexibility index (Phi) is 3.98. The number of amides is 1. The van der Waals surface area contributed by atoms with Crippen molar-refractivity contribution in [2.45, 2.75) is 0 Å². The summed E-state index contributed by atoms with van der Waals surface area (Å²) >= 11 is 15.7.